The number of nitrogens with two attached hydrogens (primary N) is 1. The summed E-state index contributed by atoms with van der Waals surface area (Å²) >= 11 is 0. The molecule has 5 aromatic rings. The van der Waals surface area contributed by atoms with E-state index in [0.29, 0.717) is 43.8 Å². The maximum absolute atomic E-state index is 12.9. The molecule has 2 fully saturated rings. The minimum Gasteiger partial charge on any atom is -0.394 e. The van der Waals surface area contributed by atoms with Crippen LogP contribution in [0.5, 0.6) is 0 Å². The van der Waals surface area contributed by atoms with E-state index in [9.17, 15) is 28.5 Å². The summed E-state index contributed by atoms with van der Waals surface area (Å²) in [4.78, 5) is 30.2. The Morgan fingerprint density at radius 2 is 1.92 bits per heavy atom. The number of tetrazole rings is 1. The number of carbonyl (C=O) groups excluding carboxylic acids is 1. The van der Waals surface area contributed by atoms with Gasteiger partial charge in [-0.15, -0.1) is 10.2 Å². The lowest BCUT2D eigenvalue weighted by Gasteiger charge is -2.22. The van der Waals surface area contributed by atoms with Gasteiger partial charge in [-0.25, -0.2) is 23.3 Å². The van der Waals surface area contributed by atoms with Crippen LogP contribution in [0, 0.1) is 0 Å². The summed E-state index contributed by atoms with van der Waals surface area (Å²) in [5, 5.41) is 58.7. The molecule has 0 aliphatic carbocycles. The van der Waals surface area contributed by atoms with Gasteiger partial charge in [-0.1, -0.05) is 36.4 Å². The van der Waals surface area contributed by atoms with Gasteiger partial charge in [0.15, 0.2) is 29.3 Å². The Hall–Kier alpha value is -5.32. The molecule has 7 rings (SSSR count). The van der Waals surface area contributed by atoms with Gasteiger partial charge in [0.05, 0.1) is 30.4 Å². The van der Waals surface area contributed by atoms with Crippen LogP contribution in [0.15, 0.2) is 65.8 Å². The number of nitrogens with zero attached hydrogens (tertiary/aromatic N) is 9. The minimum absolute atomic E-state index is 0.117. The summed E-state index contributed by atoms with van der Waals surface area (Å²) in [5.41, 5.74) is 1.86. The fraction of sp³-hybridized carbons (Fsp3) is 0.406. The fourth-order valence-electron chi connectivity index (χ4n) is 6.36. The molecule has 2 saturated heterocycles. The number of aromatic nitrogens is 8. The summed E-state index contributed by atoms with van der Waals surface area (Å²) < 4.78 is 31.1. The molecule has 2 aliphatic rings. The SMILES string of the molecule is CCn1nnc([C@H]2O[C@@H](n3cnc4c(N[C@H](CO)Cc5ccccc5)nc(N5CC[C@@H](NC(=O)Nc6cccc(S(N)(=O)=O)c6)C5)nc43)[C@@H](O)[C@@H]2O)n1. The predicted molar refractivity (Wildman–Crippen MR) is 189 cm³/mol. The van der Waals surface area contributed by atoms with Crippen LogP contribution in [-0.2, 0) is 27.7 Å². The Kier molecular flexibility index (Phi) is 10.2. The first kappa shape index (κ1) is 36.1. The zero-order chi connectivity index (χ0) is 37.3. The number of fused-ring (bicyclic) bond motifs is 1. The Balaban J connectivity index is 1.15. The van der Waals surface area contributed by atoms with Crippen LogP contribution in [0.25, 0.3) is 11.2 Å². The summed E-state index contributed by atoms with van der Waals surface area (Å²) in [7, 11) is -3.95. The number of benzene rings is 2. The van der Waals surface area contributed by atoms with Crippen LogP contribution in [0.1, 0.15) is 37.1 Å². The van der Waals surface area contributed by atoms with Crippen molar-refractivity contribution in [3.8, 4) is 0 Å². The first-order chi connectivity index (χ1) is 25.5. The number of ether oxygens (including phenoxy) is 1. The molecule has 2 amide bonds. The van der Waals surface area contributed by atoms with Gasteiger partial charge >= 0.3 is 6.03 Å². The van der Waals surface area contributed by atoms with E-state index in [1.165, 1.54) is 33.9 Å². The number of carbonyl (C=O) groups is 1. The summed E-state index contributed by atoms with van der Waals surface area (Å²) in [5.74, 6) is 0.715. The van der Waals surface area contributed by atoms with Crippen molar-refractivity contribution in [1.29, 1.82) is 0 Å². The number of aryl methyl sites for hydroxylation is 1. The molecule has 8 N–H and O–H groups in total. The Labute approximate surface area is 303 Å². The third-order valence-electron chi connectivity index (χ3n) is 9.04. The quantitative estimate of drug-likeness (QED) is 0.0877. The smallest absolute Gasteiger partial charge is 0.319 e. The molecule has 2 aliphatic heterocycles. The van der Waals surface area contributed by atoms with Crippen molar-refractivity contribution in [2.75, 3.05) is 35.2 Å². The highest BCUT2D eigenvalue weighted by Gasteiger charge is 2.47. The highest BCUT2D eigenvalue weighted by atomic mass is 32.2. The van der Waals surface area contributed by atoms with Crippen molar-refractivity contribution < 1.29 is 33.3 Å². The zero-order valence-corrected chi connectivity index (χ0v) is 29.3. The van der Waals surface area contributed by atoms with Gasteiger partial charge in [0.1, 0.15) is 12.2 Å². The van der Waals surface area contributed by atoms with E-state index in [0.717, 1.165) is 5.56 Å². The number of sulfonamides is 1. The normalized spacial score (nSPS) is 22.3. The van der Waals surface area contributed by atoms with E-state index < -0.39 is 46.6 Å². The Bertz CT molecular complexity index is 2180. The van der Waals surface area contributed by atoms with Crippen molar-refractivity contribution in [1.82, 2.24) is 45.0 Å². The van der Waals surface area contributed by atoms with Crippen molar-refractivity contribution in [3.63, 3.8) is 0 Å². The number of aliphatic hydroxyl groups is 3. The van der Waals surface area contributed by atoms with Gasteiger partial charge in [0.25, 0.3) is 0 Å². The molecule has 280 valence electrons. The molecule has 0 spiro atoms. The lowest BCUT2D eigenvalue weighted by atomic mass is 10.1. The summed E-state index contributed by atoms with van der Waals surface area (Å²) in [6, 6.07) is 14.0. The fourth-order valence-corrected chi connectivity index (χ4v) is 6.92. The number of anilines is 3. The highest BCUT2D eigenvalue weighted by molar-refractivity contribution is 7.89. The van der Waals surface area contributed by atoms with Gasteiger partial charge in [0, 0.05) is 24.8 Å². The topological polar surface area (TPSA) is 274 Å². The third kappa shape index (κ3) is 7.75. The molecule has 53 heavy (non-hydrogen) atoms. The molecule has 6 atom stereocenters. The number of amides is 2. The van der Waals surface area contributed by atoms with Crippen molar-refractivity contribution >= 4 is 44.7 Å². The van der Waals surface area contributed by atoms with Crippen molar-refractivity contribution in [3.05, 3.63) is 72.3 Å². The molecule has 2 aromatic carbocycles. The average Bonchev–Trinajstić information content (AvgIpc) is 3.95. The molecule has 0 unspecified atom stereocenters. The standard InChI is InChI=1S/C32H39N13O7S/c1-2-45-41-28(40-42-45)26-24(47)25(48)30(52-26)44-17-34-23-27(35-21(16-46)13-18-7-4-3-5-8-18)38-31(39-29(23)44)43-12-11-20(15-43)37-32(49)36-19-9-6-10-22(14-19)53(33,50)51/h3-10,14,17,20-21,24-26,30,46-48H,2,11-13,15-16H2,1H3,(H2,33,50,51)(H,35,38,39)(H2,36,37,49)/t20-,21+,24+,25+,26+,30-/m1/s1. The number of urea groups is 1. The number of hydrogen-bond donors (Lipinski definition) is 7. The van der Waals surface area contributed by atoms with Gasteiger partial charge in [-0.2, -0.15) is 14.8 Å². The van der Waals surface area contributed by atoms with Gasteiger partial charge < -0.3 is 40.9 Å². The number of aliphatic hydroxyl groups excluding tert-OH is 3. The molecular formula is C32H39N13O7S. The van der Waals surface area contributed by atoms with E-state index in [4.69, 9.17) is 19.8 Å². The molecule has 5 heterocycles. The van der Waals surface area contributed by atoms with Crippen LogP contribution < -0.4 is 26.0 Å². The van der Waals surface area contributed by atoms with Gasteiger partial charge in [0.2, 0.25) is 21.8 Å². The molecule has 0 bridgehead atoms. The number of rotatable bonds is 12. The molecular weight excluding hydrogens is 711 g/mol. The second kappa shape index (κ2) is 15.0. The summed E-state index contributed by atoms with van der Waals surface area (Å²) in [6.07, 6.45) is -2.55. The minimum atomic E-state index is -3.95. The number of imidazole rings is 1. The van der Waals surface area contributed by atoms with Crippen LogP contribution in [0.3, 0.4) is 0 Å². The lowest BCUT2D eigenvalue weighted by Crippen LogP contribution is -2.40. The van der Waals surface area contributed by atoms with E-state index in [2.05, 4.69) is 36.3 Å². The first-order valence-corrected chi connectivity index (χ1v) is 18.5. The second-order valence-corrected chi connectivity index (χ2v) is 14.3. The largest absolute Gasteiger partial charge is 0.394 e. The molecule has 0 radical (unpaired) electrons. The Morgan fingerprint density at radius 1 is 1.11 bits per heavy atom. The second-order valence-electron chi connectivity index (χ2n) is 12.8. The monoisotopic (exact) mass is 749 g/mol. The average molecular weight is 750 g/mol. The van der Waals surface area contributed by atoms with Crippen LogP contribution in [0.2, 0.25) is 0 Å². The maximum Gasteiger partial charge on any atom is 0.319 e. The number of nitrogens with one attached hydrogen (secondary N) is 3. The lowest BCUT2D eigenvalue weighted by molar-refractivity contribution is -0.0384. The molecule has 3 aromatic heterocycles. The van der Waals surface area contributed by atoms with Crippen molar-refractivity contribution in [2.24, 2.45) is 5.14 Å². The molecule has 21 heteroatoms. The maximum atomic E-state index is 12.9. The van der Waals surface area contributed by atoms with E-state index in [1.54, 1.807) is 6.07 Å². The highest BCUT2D eigenvalue weighted by Crippen LogP contribution is 2.39. The first-order valence-electron chi connectivity index (χ1n) is 16.9. The zero-order valence-electron chi connectivity index (χ0n) is 28.5. The van der Waals surface area contributed by atoms with E-state index >= 15 is 0 Å². The van der Waals surface area contributed by atoms with E-state index in [1.807, 2.05) is 42.2 Å². The van der Waals surface area contributed by atoms with Crippen molar-refractivity contribution in [2.45, 2.75) is 67.8 Å². The molecule has 20 nitrogen and oxygen atoms in total. The third-order valence-corrected chi connectivity index (χ3v) is 9.95. The van der Waals surface area contributed by atoms with Gasteiger partial charge in [-0.05, 0) is 48.7 Å². The number of primary sulfonamides is 1. The van der Waals surface area contributed by atoms with E-state index in [-0.39, 0.29) is 40.7 Å². The van der Waals surface area contributed by atoms with Crippen LogP contribution in [-0.4, -0.2) is 113 Å². The molecule has 0 saturated carbocycles. The van der Waals surface area contributed by atoms with Crippen LogP contribution >= 0.6 is 0 Å². The van der Waals surface area contributed by atoms with Gasteiger partial charge in [-0.3, -0.25) is 4.57 Å². The Morgan fingerprint density at radius 3 is 2.66 bits per heavy atom. The predicted octanol–water partition coefficient (Wildman–Crippen LogP) is -0.112. The van der Waals surface area contributed by atoms with Crippen LogP contribution in [0.4, 0.5) is 22.2 Å². The number of hydrogen-bond acceptors (Lipinski definition) is 15. The summed E-state index contributed by atoms with van der Waals surface area (Å²) in [6.45, 7) is 2.85.